The van der Waals surface area contributed by atoms with Gasteiger partial charge in [0, 0.05) is 10.8 Å². The topological polar surface area (TPSA) is 0 Å². The third-order valence-electron chi connectivity index (χ3n) is 5.37. The van der Waals surface area contributed by atoms with Gasteiger partial charge in [0.1, 0.15) is 0 Å². The predicted molar refractivity (Wildman–Crippen MR) is 128 cm³/mol. The van der Waals surface area contributed by atoms with Crippen molar-refractivity contribution in [2.45, 2.75) is 25.8 Å². The fourth-order valence-electron chi connectivity index (χ4n) is 4.11. The molecule has 0 aliphatic carbocycles. The van der Waals surface area contributed by atoms with Gasteiger partial charge in [-0.05, 0) is 33.5 Å². The van der Waals surface area contributed by atoms with Crippen LogP contribution < -0.4 is 10.4 Å². The summed E-state index contributed by atoms with van der Waals surface area (Å²) in [6, 6.07) is 29.9. The van der Waals surface area contributed by atoms with Gasteiger partial charge >= 0.3 is 0 Å². The maximum absolute atomic E-state index is 15.5. The van der Waals surface area contributed by atoms with E-state index in [-0.39, 0.29) is 5.04 Å². The molecular weight excluding hydrogens is 383 g/mol. The van der Waals surface area contributed by atoms with Crippen molar-refractivity contribution >= 4 is 18.4 Å². The standard InChI is InChI=1S/C28H25FSi/c1-5-26(29)27(22-21-23-15-9-6-10-16-23)30(28(2,3)4,24-17-11-7-12-18-24)25-19-13-8-14-20-25/h1,6-20H,2-4H3/b27-26-. The molecule has 3 rings (SSSR count). The monoisotopic (exact) mass is 408 g/mol. The molecule has 0 saturated carbocycles. The molecule has 0 amide bonds. The van der Waals surface area contributed by atoms with E-state index in [1.807, 2.05) is 66.7 Å². The first kappa shape index (κ1) is 21.4. The Morgan fingerprint density at radius 1 is 0.767 bits per heavy atom. The van der Waals surface area contributed by atoms with Crippen molar-refractivity contribution in [2.75, 3.05) is 0 Å². The highest BCUT2D eigenvalue weighted by molar-refractivity contribution is 7.10. The number of terminal acetylenes is 1. The Labute approximate surface area is 180 Å². The van der Waals surface area contributed by atoms with Gasteiger partial charge in [-0.1, -0.05) is 111 Å². The first-order valence-electron chi connectivity index (χ1n) is 9.96. The van der Waals surface area contributed by atoms with E-state index in [1.54, 1.807) is 0 Å². The number of allylic oxidation sites excluding steroid dienone is 2. The summed E-state index contributed by atoms with van der Waals surface area (Å²) >= 11 is 0. The average Bonchev–Trinajstić information content (AvgIpc) is 2.77. The summed E-state index contributed by atoms with van der Waals surface area (Å²) in [5.74, 6) is 8.06. The Kier molecular flexibility index (Phi) is 6.41. The molecule has 0 saturated heterocycles. The molecule has 0 bridgehead atoms. The second-order valence-corrected chi connectivity index (χ2v) is 12.8. The van der Waals surface area contributed by atoms with Gasteiger partial charge in [-0.2, -0.15) is 4.39 Å². The van der Waals surface area contributed by atoms with Crippen LogP contribution in [0.25, 0.3) is 0 Å². The second-order valence-electron chi connectivity index (χ2n) is 8.18. The Bertz CT molecular complexity index is 1080. The summed E-state index contributed by atoms with van der Waals surface area (Å²) in [5, 5.41) is 2.33. The van der Waals surface area contributed by atoms with Gasteiger partial charge in [-0.15, -0.1) is 6.42 Å². The van der Waals surface area contributed by atoms with Gasteiger partial charge in [0.25, 0.3) is 0 Å². The van der Waals surface area contributed by atoms with Crippen molar-refractivity contribution in [3.63, 3.8) is 0 Å². The fraction of sp³-hybridized carbons (Fsp3) is 0.143. The highest BCUT2D eigenvalue weighted by Crippen LogP contribution is 2.41. The van der Waals surface area contributed by atoms with Crippen molar-refractivity contribution in [2.24, 2.45) is 0 Å². The molecular formula is C28H25FSi. The molecule has 0 N–H and O–H groups in total. The van der Waals surface area contributed by atoms with Crippen molar-refractivity contribution in [3.05, 3.63) is 108 Å². The zero-order valence-electron chi connectivity index (χ0n) is 17.6. The fourth-order valence-corrected chi connectivity index (χ4v) is 9.54. The van der Waals surface area contributed by atoms with E-state index in [0.717, 1.165) is 15.9 Å². The average molecular weight is 409 g/mol. The largest absolute Gasteiger partial charge is 0.197 e. The molecule has 0 atom stereocenters. The molecule has 2 heteroatoms. The van der Waals surface area contributed by atoms with Crippen LogP contribution >= 0.6 is 0 Å². The van der Waals surface area contributed by atoms with Crippen LogP contribution in [0.3, 0.4) is 0 Å². The Balaban J connectivity index is 2.43. The SMILES string of the molecule is C#C/C(F)=C(\C#Cc1ccccc1)[Si](c1ccccc1)(c1ccccc1)C(C)(C)C. The maximum atomic E-state index is 15.5. The van der Waals surface area contributed by atoms with Crippen LogP contribution in [0.4, 0.5) is 4.39 Å². The predicted octanol–water partition coefficient (Wildman–Crippen LogP) is 5.50. The van der Waals surface area contributed by atoms with Gasteiger partial charge in [0.15, 0.2) is 13.9 Å². The quantitative estimate of drug-likeness (QED) is 0.397. The van der Waals surface area contributed by atoms with Crippen molar-refractivity contribution in [1.82, 2.24) is 0 Å². The second kappa shape index (κ2) is 9.00. The summed E-state index contributed by atoms with van der Waals surface area (Å²) in [6.07, 6.45) is 5.61. The summed E-state index contributed by atoms with van der Waals surface area (Å²) < 4.78 is 15.5. The number of hydrogen-bond donors (Lipinski definition) is 0. The van der Waals surface area contributed by atoms with Gasteiger partial charge < -0.3 is 0 Å². The zero-order valence-corrected chi connectivity index (χ0v) is 18.6. The molecule has 0 unspecified atom stereocenters. The van der Waals surface area contributed by atoms with Crippen LogP contribution in [0, 0.1) is 24.2 Å². The lowest BCUT2D eigenvalue weighted by atomic mass is 10.2. The third kappa shape index (κ3) is 4.01. The Hall–Kier alpha value is -3.33. The molecule has 148 valence electrons. The third-order valence-corrected chi connectivity index (χ3v) is 11.1. The van der Waals surface area contributed by atoms with Gasteiger partial charge in [-0.25, -0.2) is 0 Å². The molecule has 0 radical (unpaired) electrons. The van der Waals surface area contributed by atoms with Gasteiger partial charge in [0.2, 0.25) is 0 Å². The van der Waals surface area contributed by atoms with Gasteiger partial charge in [-0.3, -0.25) is 0 Å². The molecule has 0 aromatic heterocycles. The molecule has 0 spiro atoms. The van der Waals surface area contributed by atoms with Crippen LogP contribution in [0.1, 0.15) is 26.3 Å². The molecule has 0 aliphatic rings. The lowest BCUT2D eigenvalue weighted by Gasteiger charge is -2.44. The summed E-state index contributed by atoms with van der Waals surface area (Å²) in [6.45, 7) is 6.48. The summed E-state index contributed by atoms with van der Waals surface area (Å²) in [5.41, 5.74) is 0.831. The number of benzene rings is 3. The maximum Gasteiger partial charge on any atom is 0.181 e. The van der Waals surface area contributed by atoms with Crippen LogP contribution in [-0.4, -0.2) is 8.07 Å². The zero-order chi connectivity index (χ0) is 21.6. The minimum atomic E-state index is -2.93. The first-order chi connectivity index (χ1) is 14.4. The van der Waals surface area contributed by atoms with Crippen LogP contribution in [0.5, 0.6) is 0 Å². The number of rotatable bonds is 3. The lowest BCUT2D eigenvalue weighted by molar-refractivity contribution is 0.668. The summed E-state index contributed by atoms with van der Waals surface area (Å²) in [7, 11) is -2.93. The van der Waals surface area contributed by atoms with Crippen LogP contribution in [0.15, 0.2) is 102 Å². The van der Waals surface area contributed by atoms with E-state index in [9.17, 15) is 0 Å². The van der Waals surface area contributed by atoms with Crippen molar-refractivity contribution < 1.29 is 4.39 Å². The minimum Gasteiger partial charge on any atom is -0.197 e. The molecule has 0 fully saturated rings. The van der Waals surface area contributed by atoms with Gasteiger partial charge in [0.05, 0.1) is 0 Å². The Morgan fingerprint density at radius 2 is 1.20 bits per heavy atom. The normalized spacial score (nSPS) is 12.2. The molecule has 3 aromatic rings. The van der Waals surface area contributed by atoms with E-state index in [4.69, 9.17) is 6.42 Å². The molecule has 0 aliphatic heterocycles. The molecule has 3 aromatic carbocycles. The molecule has 0 heterocycles. The van der Waals surface area contributed by atoms with E-state index < -0.39 is 13.9 Å². The van der Waals surface area contributed by atoms with E-state index in [0.29, 0.717) is 5.20 Å². The molecule has 0 nitrogen and oxygen atoms in total. The van der Waals surface area contributed by atoms with E-state index in [2.05, 4.69) is 62.8 Å². The van der Waals surface area contributed by atoms with Crippen molar-refractivity contribution in [3.8, 4) is 24.2 Å². The molecule has 30 heavy (non-hydrogen) atoms. The minimum absolute atomic E-state index is 0.287. The first-order valence-corrected chi connectivity index (χ1v) is 12.0. The Morgan fingerprint density at radius 3 is 1.60 bits per heavy atom. The lowest BCUT2D eigenvalue weighted by Crippen LogP contribution is -2.66. The van der Waals surface area contributed by atoms with E-state index >= 15 is 4.39 Å². The number of hydrogen-bond acceptors (Lipinski definition) is 0. The van der Waals surface area contributed by atoms with Crippen LogP contribution in [0.2, 0.25) is 5.04 Å². The number of halogens is 1. The smallest absolute Gasteiger partial charge is 0.181 e. The highest BCUT2D eigenvalue weighted by atomic mass is 28.3. The highest BCUT2D eigenvalue weighted by Gasteiger charge is 2.51. The van der Waals surface area contributed by atoms with Crippen LogP contribution in [-0.2, 0) is 0 Å². The summed E-state index contributed by atoms with van der Waals surface area (Å²) in [4.78, 5) is 0. The van der Waals surface area contributed by atoms with E-state index in [1.165, 1.54) is 0 Å². The van der Waals surface area contributed by atoms with Crippen molar-refractivity contribution in [1.29, 1.82) is 0 Å².